The molecule has 88 valence electrons. The molecule has 0 aromatic heterocycles. The van der Waals surface area contributed by atoms with Gasteiger partial charge in [0.05, 0.1) is 12.1 Å². The largest absolute Gasteiger partial charge is 0.405 e. The second-order valence-corrected chi connectivity index (χ2v) is 3.79. The van der Waals surface area contributed by atoms with Crippen LogP contribution in [0.5, 0.6) is 0 Å². The van der Waals surface area contributed by atoms with Crippen molar-refractivity contribution in [3.8, 4) is 0 Å². The van der Waals surface area contributed by atoms with Gasteiger partial charge in [-0.15, -0.1) is 0 Å². The molecule has 15 heavy (non-hydrogen) atoms. The van der Waals surface area contributed by atoms with Crippen molar-refractivity contribution in [3.63, 3.8) is 0 Å². The Kier molecular flexibility index (Phi) is 3.43. The normalized spacial score (nSPS) is 26.4. The topological polar surface area (TPSA) is 50.4 Å². The number of hydrogen-bond acceptors (Lipinski definition) is 2. The van der Waals surface area contributed by atoms with Crippen LogP contribution in [0.25, 0.3) is 0 Å². The summed E-state index contributed by atoms with van der Waals surface area (Å²) in [5.41, 5.74) is -0.560. The van der Waals surface area contributed by atoms with E-state index in [1.807, 2.05) is 0 Å². The minimum atomic E-state index is -4.38. The smallest absolute Gasteiger partial charge is 0.379 e. The molecule has 1 unspecified atom stereocenters. The third kappa shape index (κ3) is 4.37. The summed E-state index contributed by atoms with van der Waals surface area (Å²) in [6.45, 7) is 1.24. The van der Waals surface area contributed by atoms with E-state index in [2.05, 4.69) is 5.32 Å². The van der Waals surface area contributed by atoms with Gasteiger partial charge in [-0.3, -0.25) is 0 Å². The zero-order valence-electron chi connectivity index (χ0n) is 8.28. The second-order valence-electron chi connectivity index (χ2n) is 3.79. The summed E-state index contributed by atoms with van der Waals surface area (Å²) in [4.78, 5) is 11.1. The minimum Gasteiger partial charge on any atom is -0.379 e. The molecular formula is C8H13F3N2O2. The van der Waals surface area contributed by atoms with Crippen molar-refractivity contribution in [3.05, 3.63) is 0 Å². The molecule has 0 saturated carbocycles. The fourth-order valence-corrected chi connectivity index (χ4v) is 1.26. The summed E-state index contributed by atoms with van der Waals surface area (Å²) in [7, 11) is 0. The first-order valence-corrected chi connectivity index (χ1v) is 4.51. The fraction of sp³-hybridized carbons (Fsp3) is 0.875. The number of alkyl halides is 3. The number of urea groups is 1. The molecule has 1 heterocycles. The lowest BCUT2D eigenvalue weighted by molar-refractivity contribution is -0.122. The quantitative estimate of drug-likeness (QED) is 0.738. The van der Waals surface area contributed by atoms with Crippen molar-refractivity contribution in [1.82, 2.24) is 10.6 Å². The van der Waals surface area contributed by atoms with E-state index in [0.717, 1.165) is 0 Å². The van der Waals surface area contributed by atoms with Crippen LogP contribution in [0.4, 0.5) is 18.0 Å². The average molecular weight is 226 g/mol. The van der Waals surface area contributed by atoms with E-state index in [4.69, 9.17) is 4.74 Å². The number of ether oxygens (including phenoxy) is 1. The third-order valence-corrected chi connectivity index (χ3v) is 2.08. The van der Waals surface area contributed by atoms with Crippen molar-refractivity contribution < 1.29 is 22.7 Å². The predicted octanol–water partition coefficient (Wildman–Crippen LogP) is 1.03. The van der Waals surface area contributed by atoms with Gasteiger partial charge in [0.15, 0.2) is 0 Å². The highest BCUT2D eigenvalue weighted by Crippen LogP contribution is 2.17. The second kappa shape index (κ2) is 4.26. The highest BCUT2D eigenvalue weighted by atomic mass is 19.4. The summed E-state index contributed by atoms with van der Waals surface area (Å²) in [6, 6.07) is -0.819. The number of rotatable bonds is 2. The van der Waals surface area contributed by atoms with Gasteiger partial charge < -0.3 is 15.4 Å². The summed E-state index contributed by atoms with van der Waals surface area (Å²) in [5.74, 6) is 0. The Labute approximate surface area is 85.2 Å². The van der Waals surface area contributed by atoms with Crippen molar-refractivity contribution in [2.75, 3.05) is 19.8 Å². The van der Waals surface area contributed by atoms with Crippen LogP contribution < -0.4 is 10.6 Å². The van der Waals surface area contributed by atoms with Crippen LogP contribution in [0, 0.1) is 0 Å². The van der Waals surface area contributed by atoms with Crippen LogP contribution in [0.3, 0.4) is 0 Å². The first-order chi connectivity index (χ1) is 6.81. The summed E-state index contributed by atoms with van der Waals surface area (Å²) in [5, 5.41) is 4.20. The van der Waals surface area contributed by atoms with Gasteiger partial charge in [-0.1, -0.05) is 0 Å². The van der Waals surface area contributed by atoms with Crippen LogP contribution in [0.15, 0.2) is 0 Å². The number of carbonyl (C=O) groups is 1. The highest BCUT2D eigenvalue weighted by Gasteiger charge is 2.33. The first-order valence-electron chi connectivity index (χ1n) is 4.51. The van der Waals surface area contributed by atoms with Crippen LogP contribution in [0.2, 0.25) is 0 Å². The fourth-order valence-electron chi connectivity index (χ4n) is 1.26. The van der Waals surface area contributed by atoms with Crippen LogP contribution in [-0.4, -0.2) is 37.5 Å². The third-order valence-electron chi connectivity index (χ3n) is 2.08. The Morgan fingerprint density at radius 3 is 2.67 bits per heavy atom. The number of amides is 2. The van der Waals surface area contributed by atoms with Gasteiger partial charge in [-0.25, -0.2) is 4.79 Å². The molecule has 1 aliphatic rings. The lowest BCUT2D eigenvalue weighted by Crippen LogP contribution is -2.52. The molecule has 1 fully saturated rings. The first kappa shape index (κ1) is 12.1. The van der Waals surface area contributed by atoms with Crippen LogP contribution in [-0.2, 0) is 4.74 Å². The van der Waals surface area contributed by atoms with Crippen LogP contribution >= 0.6 is 0 Å². The molecule has 1 rings (SSSR count). The van der Waals surface area contributed by atoms with E-state index in [1.165, 1.54) is 0 Å². The molecule has 0 bridgehead atoms. The Morgan fingerprint density at radius 2 is 2.20 bits per heavy atom. The van der Waals surface area contributed by atoms with E-state index < -0.39 is 24.3 Å². The molecule has 2 N–H and O–H groups in total. The molecule has 0 aliphatic carbocycles. The Balaban J connectivity index is 2.30. The van der Waals surface area contributed by atoms with Gasteiger partial charge in [-0.2, -0.15) is 13.2 Å². The van der Waals surface area contributed by atoms with Crippen LogP contribution in [0.1, 0.15) is 13.3 Å². The highest BCUT2D eigenvalue weighted by molar-refractivity contribution is 5.74. The summed E-state index contributed by atoms with van der Waals surface area (Å²) in [6.07, 6.45) is -3.78. The SMILES string of the molecule is CC1(NC(=O)NCC(F)(F)F)CCOC1. The maximum atomic E-state index is 11.8. The average Bonchev–Trinajstić information content (AvgIpc) is 2.47. The maximum absolute atomic E-state index is 11.8. The van der Waals surface area contributed by atoms with Crippen molar-refractivity contribution >= 4 is 6.03 Å². The van der Waals surface area contributed by atoms with E-state index in [9.17, 15) is 18.0 Å². The molecule has 7 heteroatoms. The number of carbonyl (C=O) groups excluding carboxylic acids is 1. The van der Waals surface area contributed by atoms with Crippen molar-refractivity contribution in [1.29, 1.82) is 0 Å². The summed E-state index contributed by atoms with van der Waals surface area (Å²) >= 11 is 0. The predicted molar refractivity (Wildman–Crippen MR) is 46.4 cm³/mol. The lowest BCUT2D eigenvalue weighted by atomic mass is 10.0. The van der Waals surface area contributed by atoms with E-state index >= 15 is 0 Å². The molecule has 1 saturated heterocycles. The number of nitrogens with one attached hydrogen (secondary N) is 2. The Bertz CT molecular complexity index is 237. The number of halogens is 3. The van der Waals surface area contributed by atoms with Gasteiger partial charge in [-0.05, 0) is 13.3 Å². The van der Waals surface area contributed by atoms with E-state index in [1.54, 1.807) is 12.2 Å². The molecular weight excluding hydrogens is 213 g/mol. The van der Waals surface area contributed by atoms with Gasteiger partial charge in [0.2, 0.25) is 0 Å². The molecule has 1 aliphatic heterocycles. The Hall–Kier alpha value is -0.980. The zero-order chi connectivity index (χ0) is 11.5. The monoisotopic (exact) mass is 226 g/mol. The lowest BCUT2D eigenvalue weighted by Gasteiger charge is -2.23. The molecule has 4 nitrogen and oxygen atoms in total. The maximum Gasteiger partial charge on any atom is 0.405 e. The molecule has 2 amide bonds. The van der Waals surface area contributed by atoms with E-state index in [-0.39, 0.29) is 0 Å². The molecule has 0 aromatic rings. The molecule has 0 aromatic carbocycles. The van der Waals surface area contributed by atoms with Gasteiger partial charge in [0, 0.05) is 6.61 Å². The molecule has 1 atom stereocenters. The van der Waals surface area contributed by atoms with E-state index in [0.29, 0.717) is 19.6 Å². The van der Waals surface area contributed by atoms with Crippen molar-refractivity contribution in [2.24, 2.45) is 0 Å². The van der Waals surface area contributed by atoms with Crippen molar-refractivity contribution in [2.45, 2.75) is 25.1 Å². The van der Waals surface area contributed by atoms with Gasteiger partial charge in [0.1, 0.15) is 6.54 Å². The molecule has 0 spiro atoms. The van der Waals surface area contributed by atoms with Gasteiger partial charge in [0.25, 0.3) is 0 Å². The standard InChI is InChI=1S/C8H13F3N2O2/c1-7(2-3-15-5-7)13-6(14)12-4-8(9,10)11/h2-5H2,1H3,(H2,12,13,14). The number of hydrogen-bond donors (Lipinski definition) is 2. The zero-order valence-corrected chi connectivity index (χ0v) is 8.28. The van der Waals surface area contributed by atoms with Gasteiger partial charge >= 0.3 is 12.2 Å². The summed E-state index contributed by atoms with van der Waals surface area (Å²) < 4.78 is 40.3. The Morgan fingerprint density at radius 1 is 1.53 bits per heavy atom. The molecule has 0 radical (unpaired) electrons. The minimum absolute atomic E-state index is 0.326.